The first kappa shape index (κ1) is 47.4. The lowest BCUT2D eigenvalue weighted by Gasteiger charge is -2.28. The van der Waals surface area contributed by atoms with E-state index in [-0.39, 0.29) is 53.0 Å². The van der Waals surface area contributed by atoms with Gasteiger partial charge in [0.1, 0.15) is 29.7 Å². The first-order chi connectivity index (χ1) is 29.2. The highest BCUT2D eigenvalue weighted by atomic mass is 35.5. The number of nitrogens with two attached hydrogens (primary N) is 1. The van der Waals surface area contributed by atoms with E-state index in [4.69, 9.17) is 22.1 Å². The molecular formula is C45H53ClN6O9. The number of aromatic hydroxyl groups is 2. The molecule has 4 aromatic carbocycles. The minimum absolute atomic E-state index is 0.0482. The smallest absolute Gasteiger partial charge is 0.247 e. The van der Waals surface area contributed by atoms with Crippen molar-refractivity contribution in [2.75, 3.05) is 33.2 Å². The van der Waals surface area contributed by atoms with Crippen molar-refractivity contribution in [3.8, 4) is 33.8 Å². The Bertz CT molecular complexity index is 2120. The number of phenols is 2. The monoisotopic (exact) mass is 856 g/mol. The highest BCUT2D eigenvalue weighted by molar-refractivity contribution is 6.30. The summed E-state index contributed by atoms with van der Waals surface area (Å²) in [7, 11) is 1.34. The van der Waals surface area contributed by atoms with E-state index in [1.165, 1.54) is 66.9 Å². The van der Waals surface area contributed by atoms with Crippen molar-refractivity contribution in [3.05, 3.63) is 107 Å². The summed E-state index contributed by atoms with van der Waals surface area (Å²) in [6, 6.07) is 22.5. The normalized spacial score (nSPS) is 17.9. The molecule has 0 radical (unpaired) electrons. The average Bonchev–Trinajstić information content (AvgIpc) is 3.99. The molecule has 1 fully saturated rings. The van der Waals surface area contributed by atoms with Gasteiger partial charge in [-0.25, -0.2) is 0 Å². The van der Waals surface area contributed by atoms with Gasteiger partial charge in [0.2, 0.25) is 30.0 Å². The summed E-state index contributed by atoms with van der Waals surface area (Å²) >= 11 is 5.82. The predicted molar refractivity (Wildman–Crippen MR) is 231 cm³/mol. The van der Waals surface area contributed by atoms with Crippen molar-refractivity contribution in [3.63, 3.8) is 0 Å². The number of aryl methyl sites for hydroxylation is 1. The maximum absolute atomic E-state index is 13.4. The van der Waals surface area contributed by atoms with Gasteiger partial charge in [-0.2, -0.15) is 0 Å². The van der Waals surface area contributed by atoms with E-state index in [0.717, 1.165) is 16.5 Å². The summed E-state index contributed by atoms with van der Waals surface area (Å²) in [5.74, 6) is -3.51. The highest BCUT2D eigenvalue weighted by Gasteiger charge is 2.40. The summed E-state index contributed by atoms with van der Waals surface area (Å²) in [5, 5.41) is 31.9. The van der Waals surface area contributed by atoms with Crippen molar-refractivity contribution >= 4 is 47.4 Å². The Morgan fingerprint density at radius 1 is 0.934 bits per heavy atom. The second-order valence-corrected chi connectivity index (χ2v) is 15.0. The summed E-state index contributed by atoms with van der Waals surface area (Å²) in [5.41, 5.74) is 9.91. The zero-order valence-corrected chi connectivity index (χ0v) is 35.3. The van der Waals surface area contributed by atoms with E-state index >= 15 is 0 Å². The zero-order valence-electron chi connectivity index (χ0n) is 34.6. The van der Waals surface area contributed by atoms with Crippen molar-refractivity contribution in [2.24, 2.45) is 5.73 Å². The number of fused-ring (bicyclic) bond motifs is 5. The van der Waals surface area contributed by atoms with Crippen LogP contribution < -0.4 is 27.0 Å². The lowest BCUT2D eigenvalue weighted by Crippen LogP contribution is -2.52. The van der Waals surface area contributed by atoms with Crippen LogP contribution in [0.1, 0.15) is 49.4 Å². The van der Waals surface area contributed by atoms with Gasteiger partial charge in [0.25, 0.3) is 0 Å². The highest BCUT2D eigenvalue weighted by Crippen LogP contribution is 2.38. The van der Waals surface area contributed by atoms with Crippen molar-refractivity contribution in [2.45, 2.75) is 64.3 Å². The Kier molecular flexibility index (Phi) is 17.8. The molecule has 15 nitrogen and oxygen atoms in total. The van der Waals surface area contributed by atoms with Gasteiger partial charge < -0.3 is 46.9 Å². The number of likely N-dealkylation sites (N-methyl/N-ethyl adjacent to an activating group) is 1. The van der Waals surface area contributed by atoms with Gasteiger partial charge in [-0.05, 0) is 85.5 Å². The molecule has 0 aliphatic carbocycles. The van der Waals surface area contributed by atoms with Gasteiger partial charge in [0.15, 0.2) is 5.78 Å². The maximum atomic E-state index is 13.4. The summed E-state index contributed by atoms with van der Waals surface area (Å²) in [6.07, 6.45) is 1.86. The average molecular weight is 857 g/mol. The van der Waals surface area contributed by atoms with E-state index in [9.17, 15) is 39.0 Å². The topological polar surface area (TPSA) is 233 Å². The second kappa shape index (κ2) is 22.9. The van der Waals surface area contributed by atoms with Crippen LogP contribution in [0.15, 0.2) is 84.9 Å². The lowest BCUT2D eigenvalue weighted by molar-refractivity contribution is -0.139. The molecule has 0 spiro atoms. The second-order valence-electron chi connectivity index (χ2n) is 14.5. The number of epoxide rings is 1. The van der Waals surface area contributed by atoms with Crippen LogP contribution in [-0.2, 0) is 39.9 Å². The molecule has 4 aromatic rings. The van der Waals surface area contributed by atoms with Crippen LogP contribution in [0, 0.1) is 6.92 Å². The van der Waals surface area contributed by atoms with Crippen LogP contribution in [-0.4, -0.2) is 102 Å². The number of unbranched alkanes of at least 4 members (excludes halogenated alkanes) is 1. The molecule has 5 amide bonds. The van der Waals surface area contributed by atoms with E-state index < -0.39 is 54.9 Å². The molecule has 4 atom stereocenters. The fourth-order valence-electron chi connectivity index (χ4n) is 6.28. The molecule has 4 unspecified atom stereocenters. The minimum atomic E-state index is -1.30. The number of carbonyl (C=O) groups is 6. The molecule has 6 rings (SSSR count). The molecule has 0 aromatic heterocycles. The number of amides is 5. The Balaban J connectivity index is 0.000000353. The number of benzene rings is 4. The molecule has 0 saturated carbocycles. The lowest BCUT2D eigenvalue weighted by atomic mass is 9.94. The van der Waals surface area contributed by atoms with Crippen LogP contribution in [0.4, 0.5) is 0 Å². The number of Topliss-reactive ketones (excluding diaryl/α,β-unsaturated/α-hetero) is 1. The van der Waals surface area contributed by atoms with Crippen LogP contribution in [0.3, 0.4) is 0 Å². The van der Waals surface area contributed by atoms with Crippen molar-refractivity contribution in [1.82, 2.24) is 26.2 Å². The van der Waals surface area contributed by atoms with Crippen LogP contribution in [0.5, 0.6) is 11.5 Å². The van der Waals surface area contributed by atoms with Crippen LogP contribution >= 0.6 is 11.6 Å². The number of nitrogens with one attached hydrogen (secondary N) is 4. The number of rotatable bonds is 11. The fourth-order valence-corrected chi connectivity index (χ4v) is 6.41. The summed E-state index contributed by atoms with van der Waals surface area (Å²) in [4.78, 5) is 76.0. The SMILES string of the molecule is CC1OC1C(=O)CNC(=O)C1Cc2ccc(O)c(c2)-c2cc(ccc2O)C(N(C)C(=O)CNC=O)C(=O)NCC(=O)N1.CCCCN.Cc1ccc(-c2ccc(Cl)cc2)cc1. The Morgan fingerprint density at radius 3 is 2.11 bits per heavy atom. The predicted octanol–water partition coefficient (Wildman–Crippen LogP) is 3.70. The molecule has 2 heterocycles. The number of halogens is 1. The van der Waals surface area contributed by atoms with Gasteiger partial charge >= 0.3 is 0 Å². The Labute approximate surface area is 360 Å². The number of ether oxygens (including phenoxy) is 1. The van der Waals surface area contributed by atoms with E-state index in [0.29, 0.717) is 12.0 Å². The molecular weight excluding hydrogens is 804 g/mol. The maximum Gasteiger partial charge on any atom is 0.247 e. The molecule has 324 valence electrons. The largest absolute Gasteiger partial charge is 0.507 e. The number of carbonyl (C=O) groups excluding carboxylic acids is 6. The Morgan fingerprint density at radius 2 is 1.54 bits per heavy atom. The third kappa shape index (κ3) is 13.9. The Hall–Kier alpha value is -6.29. The zero-order chi connectivity index (χ0) is 44.6. The van der Waals surface area contributed by atoms with Gasteiger partial charge in [0, 0.05) is 29.6 Å². The molecule has 4 bridgehead atoms. The first-order valence-electron chi connectivity index (χ1n) is 19.8. The molecule has 8 N–H and O–H groups in total. The quantitative estimate of drug-likeness (QED) is 0.0854. The number of nitrogens with zero attached hydrogens (tertiary/aromatic N) is 1. The standard InChI is InChI=1S/C28H31N5O9.C13H11Cl.C4H11N/c1-14-26(42-14)22(37)10-30-27(40)19-8-15-3-5-20(35)17(7-15)18-9-16(4-6-21(18)36)25(28(41)31-11-23(38)32-19)33(2)24(39)12-29-13-34;1-10-2-4-11(5-3-10)12-6-8-13(14)9-7-12;1-2-3-4-5/h3-7,9,13-14,19,25-26,35-36H,8,10-12H2,1-2H3,(H,29,34)(H,30,40)(H,31,41)(H,32,38);2-9H,1H3;2-5H2,1H3. The number of ketones is 1. The van der Waals surface area contributed by atoms with Gasteiger partial charge in [0.05, 0.1) is 25.7 Å². The van der Waals surface area contributed by atoms with Crippen molar-refractivity contribution in [1.29, 1.82) is 0 Å². The third-order valence-electron chi connectivity index (χ3n) is 9.82. The van der Waals surface area contributed by atoms with Crippen LogP contribution in [0.25, 0.3) is 22.3 Å². The van der Waals surface area contributed by atoms with Crippen molar-refractivity contribution < 1.29 is 43.7 Å². The summed E-state index contributed by atoms with van der Waals surface area (Å²) in [6.45, 7) is 5.54. The minimum Gasteiger partial charge on any atom is -0.507 e. The van der Waals surface area contributed by atoms with E-state index in [1.807, 2.05) is 24.3 Å². The number of phenolic OH excluding ortho intramolecular Hbond substituents is 2. The van der Waals surface area contributed by atoms with Gasteiger partial charge in [-0.15, -0.1) is 0 Å². The fraction of sp³-hybridized carbons (Fsp3) is 0.333. The molecule has 2 aliphatic rings. The van der Waals surface area contributed by atoms with Gasteiger partial charge in [-0.3, -0.25) is 28.8 Å². The van der Waals surface area contributed by atoms with Crippen LogP contribution in [0.2, 0.25) is 5.02 Å². The summed E-state index contributed by atoms with van der Waals surface area (Å²) < 4.78 is 5.13. The van der Waals surface area contributed by atoms with E-state index in [2.05, 4.69) is 59.4 Å². The molecule has 1 saturated heterocycles. The first-order valence-corrected chi connectivity index (χ1v) is 20.2. The third-order valence-corrected chi connectivity index (χ3v) is 10.1. The van der Waals surface area contributed by atoms with Gasteiger partial charge in [-0.1, -0.05) is 79.0 Å². The molecule has 2 aliphatic heterocycles. The number of hydrogen-bond donors (Lipinski definition) is 7. The molecule has 61 heavy (non-hydrogen) atoms. The molecule has 16 heteroatoms. The number of hydrogen-bond acceptors (Lipinski definition) is 10. The van der Waals surface area contributed by atoms with E-state index in [1.54, 1.807) is 13.0 Å².